The summed E-state index contributed by atoms with van der Waals surface area (Å²) >= 11 is 0.362. The van der Waals surface area contributed by atoms with E-state index in [4.69, 9.17) is 10.5 Å². The van der Waals surface area contributed by atoms with Crippen molar-refractivity contribution in [2.24, 2.45) is 0 Å². The molecule has 0 saturated heterocycles. The summed E-state index contributed by atoms with van der Waals surface area (Å²) in [5.41, 5.74) is 8.79. The Kier molecular flexibility index (Phi) is 3.45. The predicted molar refractivity (Wildman–Crippen MR) is 84.9 cm³/mol. The molecule has 5 nitrogen and oxygen atoms in total. The van der Waals surface area contributed by atoms with E-state index in [-0.39, 0.29) is 0 Å². The fourth-order valence-electron chi connectivity index (χ4n) is 2.19. The van der Waals surface area contributed by atoms with Crippen LogP contribution in [0.4, 0.5) is 5.69 Å². The maximum atomic E-state index is 11.6. The van der Waals surface area contributed by atoms with Gasteiger partial charge in [0.25, 0.3) is 0 Å². The first-order chi connectivity index (χ1) is 10.2. The maximum Gasteiger partial charge on any atom is 0.152 e. The number of nitrogens with two attached hydrogens (primary N) is 1. The van der Waals surface area contributed by atoms with E-state index in [1.54, 1.807) is 25.3 Å². The number of H-pyrrole nitrogens is 1. The van der Waals surface area contributed by atoms with Crippen LogP contribution in [0.3, 0.4) is 0 Å². The molecule has 0 aliphatic heterocycles. The van der Waals surface area contributed by atoms with Crippen molar-refractivity contribution in [3.63, 3.8) is 0 Å². The minimum absolute atomic E-state index is 0.362. The summed E-state index contributed by atoms with van der Waals surface area (Å²) in [5, 5.41) is 0. The zero-order chi connectivity index (χ0) is 14.8. The van der Waals surface area contributed by atoms with Crippen LogP contribution in [0.15, 0.2) is 42.5 Å². The molecule has 0 bridgehead atoms. The van der Waals surface area contributed by atoms with E-state index in [1.807, 2.05) is 24.3 Å². The SMILES string of the molecule is COc1cccc(C(=S=O)c2nc3ccccc3[nH]2)c1N. The number of methoxy groups -OCH3 is 1. The van der Waals surface area contributed by atoms with Gasteiger partial charge >= 0.3 is 0 Å². The number of aromatic nitrogens is 2. The van der Waals surface area contributed by atoms with Gasteiger partial charge in [-0.1, -0.05) is 24.3 Å². The molecule has 3 N–H and O–H groups in total. The molecule has 0 unspecified atom stereocenters. The number of nitrogens with one attached hydrogen (secondary N) is 1. The molecule has 2 aromatic carbocycles. The number of para-hydroxylation sites is 3. The lowest BCUT2D eigenvalue weighted by atomic mass is 10.1. The van der Waals surface area contributed by atoms with Crippen LogP contribution in [0.25, 0.3) is 11.0 Å². The maximum absolute atomic E-state index is 11.6. The molecule has 106 valence electrons. The summed E-state index contributed by atoms with van der Waals surface area (Å²) in [6.45, 7) is 0. The monoisotopic (exact) mass is 299 g/mol. The average Bonchev–Trinajstić information content (AvgIpc) is 2.93. The second-order valence-electron chi connectivity index (χ2n) is 4.44. The lowest BCUT2D eigenvalue weighted by Crippen LogP contribution is -2.09. The highest BCUT2D eigenvalue weighted by Gasteiger charge is 2.16. The first-order valence-corrected chi connectivity index (χ1v) is 7.03. The Morgan fingerprint density at radius 1 is 1.24 bits per heavy atom. The minimum Gasteiger partial charge on any atom is -0.495 e. The molecule has 0 saturated carbocycles. The van der Waals surface area contributed by atoms with Gasteiger partial charge in [-0.05, 0) is 18.2 Å². The molecule has 0 spiro atoms. The largest absolute Gasteiger partial charge is 0.495 e. The van der Waals surface area contributed by atoms with Crippen LogP contribution >= 0.6 is 0 Å². The quantitative estimate of drug-likeness (QED) is 0.440. The fourth-order valence-corrected chi connectivity index (χ4v) is 2.64. The predicted octanol–water partition coefficient (Wildman–Crippen LogP) is 1.94. The van der Waals surface area contributed by atoms with Crippen molar-refractivity contribution < 1.29 is 8.95 Å². The smallest absolute Gasteiger partial charge is 0.152 e. The van der Waals surface area contributed by atoms with Crippen molar-refractivity contribution in [2.75, 3.05) is 12.8 Å². The summed E-state index contributed by atoms with van der Waals surface area (Å²) < 4.78 is 16.8. The Hall–Kier alpha value is -2.60. The van der Waals surface area contributed by atoms with Gasteiger partial charge in [0, 0.05) is 5.56 Å². The third kappa shape index (κ3) is 2.30. The van der Waals surface area contributed by atoms with Gasteiger partial charge in [-0.15, -0.1) is 0 Å². The summed E-state index contributed by atoms with van der Waals surface area (Å²) in [5.74, 6) is 1.05. The standard InChI is InChI=1S/C15H13N3O2S/c1-20-12-8-4-5-9(13(12)16)14(21-19)15-17-10-6-2-3-7-11(10)18-15/h2-8H,16H2,1H3,(H,17,18). The van der Waals surface area contributed by atoms with Gasteiger partial charge in [0.15, 0.2) is 5.82 Å². The number of aromatic amines is 1. The minimum atomic E-state index is 0.362. The number of hydrogen-bond donors (Lipinski definition) is 2. The normalized spacial score (nSPS) is 10.5. The Bertz CT molecular complexity index is 833. The van der Waals surface area contributed by atoms with Crippen LogP contribution in [0.2, 0.25) is 0 Å². The van der Waals surface area contributed by atoms with Crippen molar-refractivity contribution in [2.45, 2.75) is 0 Å². The highest BCUT2D eigenvalue weighted by atomic mass is 32.1. The average molecular weight is 299 g/mol. The molecular formula is C15H13N3O2S. The molecule has 0 amide bonds. The van der Waals surface area contributed by atoms with Crippen molar-refractivity contribution in [1.82, 2.24) is 9.97 Å². The molecule has 0 atom stereocenters. The van der Waals surface area contributed by atoms with Crippen molar-refractivity contribution in [3.05, 3.63) is 53.9 Å². The Morgan fingerprint density at radius 3 is 2.76 bits per heavy atom. The molecule has 3 aromatic rings. The van der Waals surface area contributed by atoms with Crippen molar-refractivity contribution >= 4 is 32.8 Å². The van der Waals surface area contributed by atoms with E-state index in [0.717, 1.165) is 11.0 Å². The third-order valence-electron chi connectivity index (χ3n) is 3.22. The van der Waals surface area contributed by atoms with Gasteiger partial charge < -0.3 is 15.5 Å². The second kappa shape index (κ2) is 5.41. The number of benzene rings is 2. The van der Waals surface area contributed by atoms with E-state index < -0.39 is 0 Å². The molecule has 21 heavy (non-hydrogen) atoms. The number of hydrogen-bond acceptors (Lipinski definition) is 4. The van der Waals surface area contributed by atoms with Crippen LogP contribution in [0, 0.1) is 0 Å². The first-order valence-electron chi connectivity index (χ1n) is 6.29. The lowest BCUT2D eigenvalue weighted by Gasteiger charge is -2.09. The molecule has 0 radical (unpaired) electrons. The first kappa shape index (κ1) is 13.4. The van der Waals surface area contributed by atoms with Gasteiger partial charge in [-0.2, -0.15) is 0 Å². The molecule has 0 aliphatic carbocycles. The Morgan fingerprint density at radius 2 is 2.05 bits per heavy atom. The topological polar surface area (TPSA) is 81.0 Å². The fraction of sp³-hybridized carbons (Fsp3) is 0.0667. The van der Waals surface area contributed by atoms with Crippen molar-refractivity contribution in [1.29, 1.82) is 0 Å². The van der Waals surface area contributed by atoms with Crippen molar-refractivity contribution in [3.8, 4) is 5.75 Å². The number of fused-ring (bicyclic) bond motifs is 1. The van der Waals surface area contributed by atoms with Gasteiger partial charge in [0.2, 0.25) is 0 Å². The lowest BCUT2D eigenvalue weighted by molar-refractivity contribution is 0.417. The van der Waals surface area contributed by atoms with E-state index in [0.29, 0.717) is 38.9 Å². The summed E-state index contributed by atoms with van der Waals surface area (Å²) in [7, 11) is 1.54. The second-order valence-corrected chi connectivity index (χ2v) is 5.01. The molecule has 1 aromatic heterocycles. The molecule has 0 aliphatic rings. The number of nitrogens with zero attached hydrogens (tertiary/aromatic N) is 1. The third-order valence-corrected chi connectivity index (χ3v) is 3.80. The molecular weight excluding hydrogens is 286 g/mol. The molecule has 3 rings (SSSR count). The van der Waals surface area contributed by atoms with Crippen LogP contribution in [-0.4, -0.2) is 26.2 Å². The summed E-state index contributed by atoms with van der Waals surface area (Å²) in [4.78, 5) is 8.04. The summed E-state index contributed by atoms with van der Waals surface area (Å²) in [6.07, 6.45) is 0. The van der Waals surface area contributed by atoms with Gasteiger partial charge in [0.05, 0.1) is 23.8 Å². The molecule has 1 heterocycles. The number of anilines is 1. The molecule has 6 heteroatoms. The van der Waals surface area contributed by atoms with E-state index >= 15 is 0 Å². The van der Waals surface area contributed by atoms with E-state index in [9.17, 15) is 4.21 Å². The van der Waals surface area contributed by atoms with Gasteiger partial charge in [0.1, 0.15) is 21.9 Å². The van der Waals surface area contributed by atoms with E-state index in [1.165, 1.54) is 0 Å². The highest BCUT2D eigenvalue weighted by Crippen LogP contribution is 2.26. The highest BCUT2D eigenvalue weighted by molar-refractivity contribution is 7.67. The number of ether oxygens (including phenoxy) is 1. The summed E-state index contributed by atoms with van der Waals surface area (Å²) in [6, 6.07) is 12.9. The molecule has 0 fully saturated rings. The Balaban J connectivity index is 2.17. The van der Waals surface area contributed by atoms with Crippen LogP contribution in [-0.2, 0) is 11.3 Å². The zero-order valence-corrected chi connectivity index (χ0v) is 12.1. The Labute approximate surface area is 124 Å². The number of rotatable bonds is 3. The van der Waals surface area contributed by atoms with Crippen LogP contribution < -0.4 is 10.5 Å². The number of nitrogen functional groups attached to an aromatic ring is 1. The number of imidazole rings is 1. The van der Waals surface area contributed by atoms with E-state index in [2.05, 4.69) is 9.97 Å². The van der Waals surface area contributed by atoms with Crippen LogP contribution in [0.1, 0.15) is 11.4 Å². The zero-order valence-electron chi connectivity index (χ0n) is 11.3. The van der Waals surface area contributed by atoms with Gasteiger partial charge in [-0.25, -0.2) is 9.19 Å². The van der Waals surface area contributed by atoms with Gasteiger partial charge in [-0.3, -0.25) is 0 Å². The van der Waals surface area contributed by atoms with Crippen LogP contribution in [0.5, 0.6) is 5.75 Å².